The van der Waals surface area contributed by atoms with Crippen LogP contribution in [-0.2, 0) is 10.0 Å². The molecule has 4 nitrogen and oxygen atoms in total. The maximum absolute atomic E-state index is 12.3. The molecule has 15 heavy (non-hydrogen) atoms. The number of piperidine rings is 1. The first-order chi connectivity index (χ1) is 7.01. The van der Waals surface area contributed by atoms with E-state index in [0.717, 1.165) is 23.7 Å². The Morgan fingerprint density at radius 2 is 2.07 bits per heavy atom. The van der Waals surface area contributed by atoms with Crippen molar-refractivity contribution in [3.63, 3.8) is 0 Å². The number of sulfonamides is 1. The molecule has 0 spiro atoms. The lowest BCUT2D eigenvalue weighted by Crippen LogP contribution is -2.41. The van der Waals surface area contributed by atoms with E-state index in [1.807, 2.05) is 0 Å². The molecule has 0 aliphatic carbocycles. The molecule has 2 heterocycles. The van der Waals surface area contributed by atoms with Gasteiger partial charge in [-0.25, -0.2) is 8.42 Å². The largest absolute Gasteiger partial charge is 0.350 e. The number of nitrogens with zero attached hydrogens (tertiary/aromatic N) is 1. The number of hydrogen-bond acceptors (Lipinski definition) is 3. The normalized spacial score (nSPS) is 33.3. The SMILES string of the molecule is O=S(=O)(C(F)F)N1CC2CCCNC2C1. The van der Waals surface area contributed by atoms with Crippen molar-refractivity contribution in [2.45, 2.75) is 24.6 Å². The summed E-state index contributed by atoms with van der Waals surface area (Å²) in [6, 6.07) is 0.0623. The van der Waals surface area contributed by atoms with Crippen molar-refractivity contribution in [3.05, 3.63) is 0 Å². The molecule has 2 saturated heterocycles. The molecule has 2 fully saturated rings. The molecular formula is C8H14F2N2O2S. The molecule has 2 aliphatic heterocycles. The Labute approximate surface area is 87.7 Å². The lowest BCUT2D eigenvalue weighted by molar-refractivity contribution is 0.221. The second-order valence-corrected chi connectivity index (χ2v) is 5.99. The van der Waals surface area contributed by atoms with Gasteiger partial charge in [-0.2, -0.15) is 13.1 Å². The Balaban J connectivity index is 2.09. The Kier molecular flexibility index (Phi) is 2.96. The summed E-state index contributed by atoms with van der Waals surface area (Å²) in [5, 5.41) is 3.17. The van der Waals surface area contributed by atoms with Gasteiger partial charge in [0.05, 0.1) is 0 Å². The standard InChI is InChI=1S/C8H14F2N2O2S/c9-8(10)15(13,14)12-4-6-2-1-3-11-7(6)5-12/h6-8,11H,1-5H2. The molecule has 0 radical (unpaired) electrons. The van der Waals surface area contributed by atoms with E-state index in [1.165, 1.54) is 0 Å². The van der Waals surface area contributed by atoms with Gasteiger partial charge in [-0.1, -0.05) is 0 Å². The molecule has 0 aromatic carbocycles. The number of alkyl halides is 2. The topological polar surface area (TPSA) is 49.4 Å². The summed E-state index contributed by atoms with van der Waals surface area (Å²) in [7, 11) is -4.37. The van der Waals surface area contributed by atoms with Gasteiger partial charge in [0, 0.05) is 19.1 Å². The summed E-state index contributed by atoms with van der Waals surface area (Å²) >= 11 is 0. The zero-order valence-electron chi connectivity index (χ0n) is 8.20. The summed E-state index contributed by atoms with van der Waals surface area (Å²) in [6.45, 7) is 1.28. The maximum atomic E-state index is 12.3. The molecule has 2 atom stereocenters. The van der Waals surface area contributed by atoms with Gasteiger partial charge < -0.3 is 5.32 Å². The van der Waals surface area contributed by atoms with Crippen LogP contribution in [0.5, 0.6) is 0 Å². The Morgan fingerprint density at radius 3 is 2.67 bits per heavy atom. The van der Waals surface area contributed by atoms with Crippen molar-refractivity contribution in [3.8, 4) is 0 Å². The van der Waals surface area contributed by atoms with Crippen molar-refractivity contribution in [1.29, 1.82) is 0 Å². The van der Waals surface area contributed by atoms with Crippen LogP contribution >= 0.6 is 0 Å². The molecule has 88 valence electrons. The minimum Gasteiger partial charge on any atom is -0.312 e. The number of nitrogens with one attached hydrogen (secondary N) is 1. The van der Waals surface area contributed by atoms with E-state index in [0.29, 0.717) is 0 Å². The fourth-order valence-corrected chi connectivity index (χ4v) is 3.32. The smallest absolute Gasteiger partial charge is 0.312 e. The van der Waals surface area contributed by atoms with Crippen molar-refractivity contribution >= 4 is 10.0 Å². The average Bonchev–Trinajstić information content (AvgIpc) is 2.61. The van der Waals surface area contributed by atoms with Gasteiger partial charge in [0.2, 0.25) is 0 Å². The fraction of sp³-hybridized carbons (Fsp3) is 1.00. The molecule has 1 N–H and O–H groups in total. The fourth-order valence-electron chi connectivity index (χ4n) is 2.33. The van der Waals surface area contributed by atoms with Gasteiger partial charge in [0.15, 0.2) is 0 Å². The van der Waals surface area contributed by atoms with Gasteiger partial charge in [-0.05, 0) is 25.3 Å². The maximum Gasteiger partial charge on any atom is 0.350 e. The van der Waals surface area contributed by atoms with Gasteiger partial charge in [-0.15, -0.1) is 0 Å². The van der Waals surface area contributed by atoms with Crippen LogP contribution in [-0.4, -0.2) is 44.2 Å². The van der Waals surface area contributed by atoms with E-state index in [9.17, 15) is 17.2 Å². The zero-order chi connectivity index (χ0) is 11.1. The highest BCUT2D eigenvalue weighted by Crippen LogP contribution is 2.28. The van der Waals surface area contributed by atoms with Crippen molar-refractivity contribution < 1.29 is 17.2 Å². The highest BCUT2D eigenvalue weighted by Gasteiger charge is 2.42. The number of rotatable bonds is 2. The molecule has 0 bridgehead atoms. The van der Waals surface area contributed by atoms with E-state index in [2.05, 4.69) is 5.32 Å². The molecule has 0 amide bonds. The summed E-state index contributed by atoms with van der Waals surface area (Å²) in [5.41, 5.74) is 0. The summed E-state index contributed by atoms with van der Waals surface area (Å²) < 4.78 is 48.0. The van der Waals surface area contributed by atoms with E-state index in [-0.39, 0.29) is 25.0 Å². The molecule has 0 aromatic heterocycles. The van der Waals surface area contributed by atoms with Crippen molar-refractivity contribution in [1.82, 2.24) is 9.62 Å². The first-order valence-electron chi connectivity index (χ1n) is 5.02. The summed E-state index contributed by atoms with van der Waals surface area (Å²) in [4.78, 5) is 0. The second kappa shape index (κ2) is 3.95. The highest BCUT2D eigenvalue weighted by molar-refractivity contribution is 7.89. The number of halogens is 2. The Morgan fingerprint density at radius 1 is 1.33 bits per heavy atom. The third kappa shape index (κ3) is 2.00. The van der Waals surface area contributed by atoms with Crippen LogP contribution in [0.25, 0.3) is 0 Å². The minimum atomic E-state index is -4.37. The Hall–Kier alpha value is -0.270. The first kappa shape index (κ1) is 11.2. The molecular weight excluding hydrogens is 226 g/mol. The van der Waals surface area contributed by atoms with E-state index >= 15 is 0 Å². The lowest BCUT2D eigenvalue weighted by atomic mass is 9.94. The van der Waals surface area contributed by atoms with E-state index < -0.39 is 15.8 Å². The quantitative estimate of drug-likeness (QED) is 0.751. The van der Waals surface area contributed by atoms with Crippen LogP contribution in [0.2, 0.25) is 0 Å². The summed E-state index contributed by atoms with van der Waals surface area (Å²) in [5.74, 6) is -3.09. The molecule has 0 aromatic rings. The van der Waals surface area contributed by atoms with Crippen LogP contribution in [0.3, 0.4) is 0 Å². The van der Waals surface area contributed by atoms with Crippen LogP contribution in [0.15, 0.2) is 0 Å². The molecule has 2 rings (SSSR count). The van der Waals surface area contributed by atoms with Crippen LogP contribution in [0.4, 0.5) is 8.78 Å². The number of hydrogen-bond donors (Lipinski definition) is 1. The predicted octanol–water partition coefficient (Wildman–Crippen LogP) is 0.223. The predicted molar refractivity (Wildman–Crippen MR) is 51.0 cm³/mol. The molecule has 2 unspecified atom stereocenters. The van der Waals surface area contributed by atoms with Crippen molar-refractivity contribution in [2.24, 2.45) is 5.92 Å². The molecule has 7 heteroatoms. The van der Waals surface area contributed by atoms with E-state index in [4.69, 9.17) is 0 Å². The van der Waals surface area contributed by atoms with E-state index in [1.54, 1.807) is 0 Å². The molecule has 2 aliphatic rings. The second-order valence-electron chi connectivity index (χ2n) is 4.09. The van der Waals surface area contributed by atoms with Gasteiger partial charge in [0.25, 0.3) is 10.0 Å². The zero-order valence-corrected chi connectivity index (χ0v) is 9.01. The average molecular weight is 240 g/mol. The highest BCUT2D eigenvalue weighted by atomic mass is 32.2. The van der Waals surface area contributed by atoms with Crippen molar-refractivity contribution in [2.75, 3.05) is 19.6 Å². The Bertz CT molecular complexity index is 320. The lowest BCUT2D eigenvalue weighted by Gasteiger charge is -2.24. The van der Waals surface area contributed by atoms with Gasteiger partial charge >= 0.3 is 5.76 Å². The van der Waals surface area contributed by atoms with Crippen LogP contribution in [0, 0.1) is 5.92 Å². The van der Waals surface area contributed by atoms with Gasteiger partial charge in [-0.3, -0.25) is 0 Å². The molecule has 0 saturated carbocycles. The van der Waals surface area contributed by atoms with Crippen LogP contribution < -0.4 is 5.32 Å². The summed E-state index contributed by atoms with van der Waals surface area (Å²) in [6.07, 6.45) is 1.91. The monoisotopic (exact) mass is 240 g/mol. The minimum absolute atomic E-state index is 0.0623. The van der Waals surface area contributed by atoms with Crippen LogP contribution in [0.1, 0.15) is 12.8 Å². The first-order valence-corrected chi connectivity index (χ1v) is 6.52. The third-order valence-corrected chi connectivity index (χ3v) is 4.62. The number of fused-ring (bicyclic) bond motifs is 1. The third-order valence-electron chi connectivity index (χ3n) is 3.15. The van der Waals surface area contributed by atoms with Gasteiger partial charge in [0.1, 0.15) is 0 Å².